The molecule has 0 bridgehead atoms. The molecule has 0 aliphatic heterocycles. The second-order valence-corrected chi connectivity index (χ2v) is 4.24. The Morgan fingerprint density at radius 2 is 2.27 bits per heavy atom. The number of unbranched alkanes of at least 4 members (excludes halogenated alkanes) is 3. The van der Waals surface area contributed by atoms with Crippen molar-refractivity contribution >= 4 is 21.7 Å². The van der Waals surface area contributed by atoms with Crippen LogP contribution >= 0.6 is 15.9 Å². The molecule has 84 valence electrons. The van der Waals surface area contributed by atoms with E-state index in [0.717, 1.165) is 19.4 Å². The fraction of sp³-hybridized carbons (Fsp3) is 0.667. The van der Waals surface area contributed by atoms with Gasteiger partial charge in [0, 0.05) is 0 Å². The quantitative estimate of drug-likeness (QED) is 0.455. The summed E-state index contributed by atoms with van der Waals surface area (Å²) >= 11 is 3.12. The van der Waals surface area contributed by atoms with Crippen LogP contribution < -0.4 is 0 Å². The summed E-state index contributed by atoms with van der Waals surface area (Å²) in [6.07, 6.45) is 6.19. The molecule has 1 aromatic rings. The summed E-state index contributed by atoms with van der Waals surface area (Å²) in [7, 11) is 0. The Hall–Kier alpha value is -0.910. The van der Waals surface area contributed by atoms with Crippen molar-refractivity contribution in [2.45, 2.75) is 39.2 Å². The van der Waals surface area contributed by atoms with Gasteiger partial charge < -0.3 is 10.1 Å². The zero-order chi connectivity index (χ0) is 11.3. The summed E-state index contributed by atoms with van der Waals surface area (Å²) in [5.74, 6) is -0.106. The third kappa shape index (κ3) is 3.62. The van der Waals surface area contributed by atoms with Crippen molar-refractivity contribution in [2.75, 3.05) is 0 Å². The van der Waals surface area contributed by atoms with Crippen LogP contribution in [-0.4, -0.2) is 14.7 Å². The van der Waals surface area contributed by atoms with Crippen LogP contribution in [0.25, 0.3) is 0 Å². The van der Waals surface area contributed by atoms with E-state index in [4.69, 9.17) is 0 Å². The Kier molecular flexibility index (Phi) is 4.74. The van der Waals surface area contributed by atoms with Crippen molar-refractivity contribution in [3.63, 3.8) is 0 Å². The topological polar surface area (TPSA) is 61.0 Å². The van der Waals surface area contributed by atoms with Crippen molar-refractivity contribution < 1.29 is 4.92 Å². The Bertz CT molecular complexity index is 338. The Morgan fingerprint density at radius 3 is 2.80 bits per heavy atom. The first-order valence-corrected chi connectivity index (χ1v) is 5.81. The van der Waals surface area contributed by atoms with Gasteiger partial charge >= 0.3 is 5.82 Å². The van der Waals surface area contributed by atoms with Crippen LogP contribution in [0.3, 0.4) is 0 Å². The predicted octanol–water partition coefficient (Wildman–Crippen LogP) is 3.13. The minimum absolute atomic E-state index is 0.106. The highest BCUT2D eigenvalue weighted by Crippen LogP contribution is 2.22. The van der Waals surface area contributed by atoms with Crippen LogP contribution in [-0.2, 0) is 6.54 Å². The van der Waals surface area contributed by atoms with E-state index in [0.29, 0.717) is 4.47 Å². The van der Waals surface area contributed by atoms with Gasteiger partial charge in [-0.1, -0.05) is 26.2 Å². The van der Waals surface area contributed by atoms with Gasteiger partial charge in [-0.2, -0.15) is 4.68 Å². The first-order valence-electron chi connectivity index (χ1n) is 5.02. The SMILES string of the molecule is CCCCCCn1cc(Br)c([N+](=O)[O-])n1. The van der Waals surface area contributed by atoms with E-state index < -0.39 is 4.92 Å². The maximum Gasteiger partial charge on any atom is 0.404 e. The number of hydrogen-bond acceptors (Lipinski definition) is 3. The summed E-state index contributed by atoms with van der Waals surface area (Å²) in [4.78, 5) is 10.0. The summed E-state index contributed by atoms with van der Waals surface area (Å²) < 4.78 is 2.07. The van der Waals surface area contributed by atoms with Gasteiger partial charge in [-0.05, 0) is 27.3 Å². The standard InChI is InChI=1S/C9H14BrN3O2/c1-2-3-4-5-6-12-7-8(10)9(11-12)13(14)15/h7H,2-6H2,1H3. The number of aromatic nitrogens is 2. The van der Waals surface area contributed by atoms with Crippen molar-refractivity contribution in [1.29, 1.82) is 0 Å². The maximum atomic E-state index is 10.5. The van der Waals surface area contributed by atoms with Gasteiger partial charge in [0.15, 0.2) is 0 Å². The normalized spacial score (nSPS) is 10.5. The van der Waals surface area contributed by atoms with Gasteiger partial charge in [0.2, 0.25) is 0 Å². The lowest BCUT2D eigenvalue weighted by molar-refractivity contribution is -0.390. The van der Waals surface area contributed by atoms with Gasteiger partial charge in [0.1, 0.15) is 4.47 Å². The van der Waals surface area contributed by atoms with Crippen molar-refractivity contribution in [1.82, 2.24) is 9.78 Å². The molecule has 0 unspecified atom stereocenters. The van der Waals surface area contributed by atoms with E-state index >= 15 is 0 Å². The molecule has 6 heteroatoms. The molecule has 15 heavy (non-hydrogen) atoms. The number of hydrogen-bond donors (Lipinski definition) is 0. The van der Waals surface area contributed by atoms with Gasteiger partial charge in [-0.15, -0.1) is 0 Å². The monoisotopic (exact) mass is 275 g/mol. The van der Waals surface area contributed by atoms with E-state index in [-0.39, 0.29) is 5.82 Å². The van der Waals surface area contributed by atoms with Crippen LogP contribution in [0.15, 0.2) is 10.7 Å². The molecule has 0 aromatic carbocycles. The van der Waals surface area contributed by atoms with Gasteiger partial charge in [-0.3, -0.25) is 0 Å². The molecule has 0 spiro atoms. The van der Waals surface area contributed by atoms with Gasteiger partial charge in [0.05, 0.1) is 17.8 Å². The van der Waals surface area contributed by atoms with Crippen LogP contribution in [0, 0.1) is 10.1 Å². The molecule has 5 nitrogen and oxygen atoms in total. The number of nitro groups is 1. The summed E-state index contributed by atoms with van der Waals surface area (Å²) in [6.45, 7) is 2.89. The molecule has 0 radical (unpaired) electrons. The molecule has 1 heterocycles. The van der Waals surface area contributed by atoms with Gasteiger partial charge in [-0.25, -0.2) is 0 Å². The van der Waals surface area contributed by atoms with E-state index in [2.05, 4.69) is 28.0 Å². The molecule has 0 aliphatic carbocycles. The average molecular weight is 276 g/mol. The summed E-state index contributed by atoms with van der Waals surface area (Å²) in [5, 5.41) is 14.4. The van der Waals surface area contributed by atoms with Crippen molar-refractivity contribution in [2.24, 2.45) is 0 Å². The first-order chi connectivity index (χ1) is 7.15. The van der Waals surface area contributed by atoms with Crippen LogP contribution in [0.1, 0.15) is 32.6 Å². The highest BCUT2D eigenvalue weighted by molar-refractivity contribution is 9.10. The fourth-order valence-electron chi connectivity index (χ4n) is 1.33. The third-order valence-corrected chi connectivity index (χ3v) is 2.67. The third-order valence-electron chi connectivity index (χ3n) is 2.11. The lowest BCUT2D eigenvalue weighted by Crippen LogP contribution is -1.99. The molecular weight excluding hydrogens is 262 g/mol. The lowest BCUT2D eigenvalue weighted by atomic mass is 10.2. The molecule has 0 saturated carbocycles. The molecule has 0 atom stereocenters. The Morgan fingerprint density at radius 1 is 1.53 bits per heavy atom. The smallest absolute Gasteiger partial charge is 0.358 e. The van der Waals surface area contributed by atoms with Crippen molar-refractivity contribution in [3.8, 4) is 0 Å². The lowest BCUT2D eigenvalue weighted by Gasteiger charge is -1.96. The molecule has 0 fully saturated rings. The van der Waals surface area contributed by atoms with Crippen LogP contribution in [0.4, 0.5) is 5.82 Å². The van der Waals surface area contributed by atoms with Gasteiger partial charge in [0.25, 0.3) is 0 Å². The van der Waals surface area contributed by atoms with Crippen LogP contribution in [0.2, 0.25) is 0 Å². The highest BCUT2D eigenvalue weighted by Gasteiger charge is 2.17. The van der Waals surface area contributed by atoms with Crippen LogP contribution in [0.5, 0.6) is 0 Å². The molecule has 1 rings (SSSR count). The maximum absolute atomic E-state index is 10.5. The van der Waals surface area contributed by atoms with E-state index in [1.54, 1.807) is 10.9 Å². The van der Waals surface area contributed by atoms with Crippen molar-refractivity contribution in [3.05, 3.63) is 20.8 Å². The Labute approximate surface area is 96.7 Å². The largest absolute Gasteiger partial charge is 0.404 e. The predicted molar refractivity (Wildman–Crippen MR) is 60.7 cm³/mol. The number of aryl methyl sites for hydroxylation is 1. The zero-order valence-corrected chi connectivity index (χ0v) is 10.2. The minimum atomic E-state index is -0.480. The molecule has 0 amide bonds. The van der Waals surface area contributed by atoms with E-state index in [1.807, 2.05) is 0 Å². The second-order valence-electron chi connectivity index (χ2n) is 3.38. The van der Waals surface area contributed by atoms with E-state index in [1.165, 1.54) is 12.8 Å². The minimum Gasteiger partial charge on any atom is -0.358 e. The molecule has 0 N–H and O–H groups in total. The summed E-state index contributed by atoms with van der Waals surface area (Å²) in [5.41, 5.74) is 0. The number of nitrogens with zero attached hydrogens (tertiary/aromatic N) is 3. The number of rotatable bonds is 6. The molecule has 0 aliphatic rings. The second kappa shape index (κ2) is 5.85. The summed E-state index contributed by atoms with van der Waals surface area (Å²) in [6, 6.07) is 0. The number of halogens is 1. The molecule has 0 saturated heterocycles. The fourth-order valence-corrected chi connectivity index (χ4v) is 1.79. The molecular formula is C9H14BrN3O2. The average Bonchev–Trinajstić information content (AvgIpc) is 2.55. The Balaban J connectivity index is 2.48. The first kappa shape index (κ1) is 12.2. The zero-order valence-electron chi connectivity index (χ0n) is 8.65. The van der Waals surface area contributed by atoms with E-state index in [9.17, 15) is 10.1 Å². The molecule has 1 aromatic heterocycles. The highest BCUT2D eigenvalue weighted by atomic mass is 79.9.